The van der Waals surface area contributed by atoms with Crippen molar-refractivity contribution >= 4 is 50.1 Å². The molecule has 0 aromatic carbocycles. The van der Waals surface area contributed by atoms with Crippen molar-refractivity contribution in [1.29, 1.82) is 0 Å². The summed E-state index contributed by atoms with van der Waals surface area (Å²) in [5.41, 5.74) is 0. The number of halogens is 2. The second-order valence-corrected chi connectivity index (χ2v) is 5.22. The Morgan fingerprint density at radius 1 is 0.929 bits per heavy atom. The Morgan fingerprint density at radius 3 is 1.50 bits per heavy atom. The van der Waals surface area contributed by atoms with Crippen LogP contribution in [0.3, 0.4) is 0 Å². The van der Waals surface area contributed by atoms with Gasteiger partial charge in [-0.25, -0.2) is 0 Å². The van der Waals surface area contributed by atoms with E-state index in [0.29, 0.717) is 0 Å². The molecule has 0 heterocycles. The predicted molar refractivity (Wildman–Crippen MR) is 40.3 cm³/mol. The van der Waals surface area contributed by atoms with Crippen LogP contribution in [0.5, 0.6) is 0 Å². The Morgan fingerprint density at radius 2 is 1.29 bits per heavy atom. The van der Waals surface area contributed by atoms with E-state index in [1.54, 1.807) is 0 Å². The van der Waals surface area contributed by atoms with Gasteiger partial charge in [0.05, 0.1) is 0 Å². The van der Waals surface area contributed by atoms with Crippen molar-refractivity contribution in [2.24, 2.45) is 0 Å². The summed E-state index contributed by atoms with van der Waals surface area (Å²) in [5.74, 6) is 0. The van der Waals surface area contributed by atoms with E-state index in [0.717, 1.165) is 0 Å². The van der Waals surface area contributed by atoms with E-state index in [9.17, 15) is 33.0 Å². The fourth-order valence-electron chi connectivity index (χ4n) is 0.243. The molecule has 0 bridgehead atoms. The molecule has 0 spiro atoms. The van der Waals surface area contributed by atoms with Gasteiger partial charge in [0.1, 0.15) is 0 Å². The molecule has 0 aromatic rings. The molecule has 0 radical (unpaired) electrons. The Kier molecular flexibility index (Phi) is 5.75. The van der Waals surface area contributed by atoms with Gasteiger partial charge < -0.3 is 0 Å². The van der Waals surface area contributed by atoms with Gasteiger partial charge in [-0.15, -0.1) is 3.63 Å². The van der Waals surface area contributed by atoms with Gasteiger partial charge in [-0.1, -0.05) is 11.9 Å². The monoisotopic (exact) mass is 269 g/mol. The van der Waals surface area contributed by atoms with E-state index in [-0.39, 0.29) is 23.0 Å². The minimum atomic E-state index is -5.94. The average Bonchev–Trinajstić information content (AvgIpc) is 1.43. The van der Waals surface area contributed by atoms with Gasteiger partial charge in [-0.2, -0.15) is 25.3 Å². The van der Waals surface area contributed by atoms with Crippen molar-refractivity contribution in [1.82, 2.24) is 4.13 Å². The summed E-state index contributed by atoms with van der Waals surface area (Å²) in [6.07, 6.45) is 0. The average molecular weight is 269 g/mol. The molecule has 0 aliphatic carbocycles. The van der Waals surface area contributed by atoms with Crippen molar-refractivity contribution in [2.45, 2.75) is 0 Å². The molecular formula is H2F2LiNO7S3. The topological polar surface area (TPSA) is 124 Å². The molecule has 0 fully saturated rings. The molecule has 1 N–H and O–H groups in total. The van der Waals surface area contributed by atoms with Gasteiger partial charge in [0.25, 0.3) is 0 Å². The first-order valence-corrected chi connectivity index (χ1v) is 6.15. The summed E-state index contributed by atoms with van der Waals surface area (Å²) in [4.78, 5) is 0. The van der Waals surface area contributed by atoms with Crippen LogP contribution in [-0.4, -0.2) is 44.1 Å². The number of hydrogen-bond donors (Lipinski definition) is 1. The first-order valence-electron chi connectivity index (χ1n) is 2.05. The fourth-order valence-corrected chi connectivity index (χ4v) is 2.44. The van der Waals surface area contributed by atoms with Crippen molar-refractivity contribution in [3.05, 3.63) is 0 Å². The standard InChI is InChI=1S/F2HNO7S3.Li.H/c1-11(4,5)3-13(8,9)10-12(2,6)7;;/h3H;;. The Balaban J connectivity index is 0. The Bertz CT molecular complexity index is 431. The molecule has 0 saturated heterocycles. The first kappa shape index (κ1) is 16.6. The molecule has 0 aliphatic heterocycles. The van der Waals surface area contributed by atoms with Crippen LogP contribution >= 0.6 is 0 Å². The van der Waals surface area contributed by atoms with Gasteiger partial charge in [0.2, 0.25) is 0 Å². The number of hydrogen-bond acceptors (Lipinski definition) is 7. The zero-order valence-corrected chi connectivity index (χ0v) is 7.79. The molecule has 82 valence electrons. The summed E-state index contributed by atoms with van der Waals surface area (Å²) < 4.78 is 84.0. The summed E-state index contributed by atoms with van der Waals surface area (Å²) in [6, 6.07) is 0. The number of rotatable bonds is 4. The van der Waals surface area contributed by atoms with Gasteiger partial charge in [0, 0.05) is 0 Å². The molecule has 0 saturated carbocycles. The molecule has 8 nitrogen and oxygen atoms in total. The molecule has 0 amide bonds. The zero-order valence-electron chi connectivity index (χ0n) is 5.34. The van der Waals surface area contributed by atoms with Crippen molar-refractivity contribution in [3.63, 3.8) is 0 Å². The van der Waals surface area contributed by atoms with E-state index in [4.69, 9.17) is 0 Å². The van der Waals surface area contributed by atoms with Crippen molar-refractivity contribution in [3.8, 4) is 0 Å². The van der Waals surface area contributed by atoms with Crippen LogP contribution < -0.4 is 4.13 Å². The van der Waals surface area contributed by atoms with E-state index in [1.807, 2.05) is 0 Å². The van der Waals surface area contributed by atoms with E-state index in [2.05, 4.69) is 3.63 Å². The van der Waals surface area contributed by atoms with E-state index >= 15 is 0 Å². The third-order valence-corrected chi connectivity index (χ3v) is 3.35. The van der Waals surface area contributed by atoms with Gasteiger partial charge >= 0.3 is 50.1 Å². The maximum atomic E-state index is 11.5. The van der Waals surface area contributed by atoms with Gasteiger partial charge in [-0.05, 0) is 0 Å². The summed E-state index contributed by atoms with van der Waals surface area (Å²) in [5, 5.41) is 0. The van der Waals surface area contributed by atoms with Crippen LogP contribution in [0.15, 0.2) is 0 Å². The quantitative estimate of drug-likeness (QED) is 0.446. The van der Waals surface area contributed by atoms with Crippen LogP contribution in [0.2, 0.25) is 0 Å². The van der Waals surface area contributed by atoms with Crippen LogP contribution in [0, 0.1) is 0 Å². The molecule has 14 heavy (non-hydrogen) atoms. The molecule has 0 rings (SSSR count). The SMILES string of the molecule is O=S(=O)(F)NS(=O)(=O)OS(=O)(=O)F.[LiH]. The Hall–Kier alpha value is 0.227. The maximum absolute atomic E-state index is 11.5. The van der Waals surface area contributed by atoms with Crippen LogP contribution in [0.25, 0.3) is 0 Å². The third-order valence-electron chi connectivity index (χ3n) is 0.372. The molecule has 0 aromatic heterocycles. The predicted octanol–water partition coefficient (Wildman–Crippen LogP) is -2.38. The summed E-state index contributed by atoms with van der Waals surface area (Å²) >= 11 is 0. The molecule has 14 heteroatoms. The summed E-state index contributed by atoms with van der Waals surface area (Å²) in [7, 11) is -17.3. The molecular weight excluding hydrogens is 267 g/mol. The normalized spacial score (nSPS) is 13.3. The van der Waals surface area contributed by atoms with Crippen molar-refractivity contribution in [2.75, 3.05) is 0 Å². The van der Waals surface area contributed by atoms with Crippen LogP contribution in [0.1, 0.15) is 0 Å². The third kappa shape index (κ3) is 10.3. The second-order valence-electron chi connectivity index (χ2n) is 1.44. The zero-order chi connectivity index (χ0) is 10.9. The molecule has 0 aliphatic rings. The minimum absolute atomic E-state index is 0. The fraction of sp³-hybridized carbons (Fsp3) is 0. The second kappa shape index (κ2) is 4.83. The first-order chi connectivity index (χ1) is 5.41. The molecule has 0 unspecified atom stereocenters. The van der Waals surface area contributed by atoms with Crippen LogP contribution in [0.4, 0.5) is 7.77 Å². The van der Waals surface area contributed by atoms with Gasteiger partial charge in [-0.3, -0.25) is 0 Å². The van der Waals surface area contributed by atoms with Crippen molar-refractivity contribution < 1.29 is 36.7 Å². The molecule has 0 atom stereocenters. The van der Waals surface area contributed by atoms with E-state index < -0.39 is 31.2 Å². The summed E-state index contributed by atoms with van der Waals surface area (Å²) in [6.45, 7) is 0. The van der Waals surface area contributed by atoms with E-state index in [1.165, 1.54) is 0 Å². The number of nitrogens with one attached hydrogen (secondary N) is 1. The van der Waals surface area contributed by atoms with Crippen LogP contribution in [-0.2, 0) is 34.8 Å². The Labute approximate surface area is 90.8 Å². The van der Waals surface area contributed by atoms with Gasteiger partial charge in [0.15, 0.2) is 0 Å².